The fourth-order valence-corrected chi connectivity index (χ4v) is 3.93. The van der Waals surface area contributed by atoms with Gasteiger partial charge in [-0.3, -0.25) is 9.78 Å². The van der Waals surface area contributed by atoms with Gasteiger partial charge in [-0.15, -0.1) is 0 Å². The molecule has 0 saturated heterocycles. The molecule has 0 bridgehead atoms. The van der Waals surface area contributed by atoms with E-state index in [0.717, 1.165) is 28.2 Å². The molecule has 0 fully saturated rings. The second-order valence-electron chi connectivity index (χ2n) is 7.87. The average Bonchev–Trinajstić information content (AvgIpc) is 3.23. The average molecular weight is 454 g/mol. The van der Waals surface area contributed by atoms with E-state index < -0.39 is 11.6 Å². The standard InChI is InChI=1S/C27H20F2N4O/c28-19-10-17(11-20(29)13-19)24-14-21(7-8-26(24)32-22-4-3-9-30-16-22)33-27(34)12-18-15-31-25-6-2-1-5-23(18)25/h1-11,13-16,31-32H,12H2,(H,33,34). The second-order valence-corrected chi connectivity index (χ2v) is 7.87. The van der Waals surface area contributed by atoms with Gasteiger partial charge in [0.25, 0.3) is 0 Å². The largest absolute Gasteiger partial charge is 0.361 e. The lowest BCUT2D eigenvalue weighted by Crippen LogP contribution is -2.14. The molecule has 5 nitrogen and oxygen atoms in total. The number of fused-ring (bicyclic) bond motifs is 1. The van der Waals surface area contributed by atoms with Gasteiger partial charge in [-0.05, 0) is 59.7 Å². The minimum absolute atomic E-state index is 0.184. The third-order valence-corrected chi connectivity index (χ3v) is 5.44. The van der Waals surface area contributed by atoms with Crippen LogP contribution >= 0.6 is 0 Å². The third-order valence-electron chi connectivity index (χ3n) is 5.44. The number of nitrogens with one attached hydrogen (secondary N) is 3. The Labute approximate surface area is 194 Å². The van der Waals surface area contributed by atoms with E-state index in [0.29, 0.717) is 22.5 Å². The number of benzene rings is 3. The first-order chi connectivity index (χ1) is 16.5. The number of nitrogens with zero attached hydrogens (tertiary/aromatic N) is 1. The Morgan fingerprint density at radius 2 is 1.74 bits per heavy atom. The summed E-state index contributed by atoms with van der Waals surface area (Å²) in [5, 5.41) is 7.11. The zero-order valence-electron chi connectivity index (χ0n) is 18.0. The van der Waals surface area contributed by atoms with Crippen molar-refractivity contribution >= 4 is 33.9 Å². The molecule has 1 amide bonds. The normalized spacial score (nSPS) is 10.9. The summed E-state index contributed by atoms with van der Waals surface area (Å²) >= 11 is 0. The molecule has 0 saturated carbocycles. The molecule has 3 aromatic carbocycles. The van der Waals surface area contributed by atoms with Crippen molar-refractivity contribution in [2.75, 3.05) is 10.6 Å². The molecule has 3 N–H and O–H groups in total. The molecule has 0 aliphatic carbocycles. The van der Waals surface area contributed by atoms with Gasteiger partial charge in [-0.1, -0.05) is 18.2 Å². The quantitative estimate of drug-likeness (QED) is 0.277. The number of H-pyrrole nitrogens is 1. The van der Waals surface area contributed by atoms with Crippen molar-refractivity contribution in [2.24, 2.45) is 0 Å². The Kier molecular flexibility index (Phi) is 5.74. The number of rotatable bonds is 6. The summed E-state index contributed by atoms with van der Waals surface area (Å²) in [5.74, 6) is -1.57. The highest BCUT2D eigenvalue weighted by atomic mass is 19.1. The van der Waals surface area contributed by atoms with Crippen LogP contribution in [0.3, 0.4) is 0 Å². The third kappa shape index (κ3) is 4.63. The van der Waals surface area contributed by atoms with Crippen LogP contribution in [0.25, 0.3) is 22.0 Å². The number of para-hydroxylation sites is 1. The number of pyridine rings is 1. The van der Waals surface area contributed by atoms with E-state index in [-0.39, 0.29) is 12.3 Å². The first-order valence-corrected chi connectivity index (χ1v) is 10.7. The predicted molar refractivity (Wildman–Crippen MR) is 130 cm³/mol. The summed E-state index contributed by atoms with van der Waals surface area (Å²) in [6, 6.07) is 19.9. The molecule has 34 heavy (non-hydrogen) atoms. The highest BCUT2D eigenvalue weighted by Crippen LogP contribution is 2.34. The van der Waals surface area contributed by atoms with E-state index in [9.17, 15) is 13.6 Å². The van der Waals surface area contributed by atoms with Gasteiger partial charge in [-0.2, -0.15) is 0 Å². The van der Waals surface area contributed by atoms with Crippen molar-refractivity contribution in [1.29, 1.82) is 0 Å². The van der Waals surface area contributed by atoms with Gasteiger partial charge in [0, 0.05) is 46.3 Å². The zero-order valence-corrected chi connectivity index (χ0v) is 18.0. The maximum absolute atomic E-state index is 14.0. The second kappa shape index (κ2) is 9.15. The number of amides is 1. The Bertz CT molecular complexity index is 1460. The van der Waals surface area contributed by atoms with Crippen molar-refractivity contribution in [3.8, 4) is 11.1 Å². The molecule has 168 valence electrons. The molecular weight excluding hydrogens is 434 g/mol. The Morgan fingerprint density at radius 1 is 0.912 bits per heavy atom. The highest BCUT2D eigenvalue weighted by molar-refractivity contribution is 5.97. The number of aromatic nitrogens is 2. The number of carbonyl (C=O) groups is 1. The minimum Gasteiger partial charge on any atom is -0.361 e. The van der Waals surface area contributed by atoms with Crippen LogP contribution in [0.1, 0.15) is 5.56 Å². The molecule has 0 aliphatic heterocycles. The van der Waals surface area contributed by atoms with Crippen LogP contribution in [0.5, 0.6) is 0 Å². The Morgan fingerprint density at radius 3 is 2.53 bits per heavy atom. The first-order valence-electron chi connectivity index (χ1n) is 10.7. The molecule has 2 heterocycles. The lowest BCUT2D eigenvalue weighted by Gasteiger charge is -2.15. The minimum atomic E-state index is -0.684. The maximum Gasteiger partial charge on any atom is 0.228 e. The Hall–Kier alpha value is -4.52. The van der Waals surface area contributed by atoms with E-state index in [2.05, 4.69) is 20.6 Å². The van der Waals surface area contributed by atoms with Crippen molar-refractivity contribution < 1.29 is 13.6 Å². The number of carbonyl (C=O) groups excluding carboxylic acids is 1. The fourth-order valence-electron chi connectivity index (χ4n) is 3.93. The van der Waals surface area contributed by atoms with Crippen LogP contribution in [0.15, 0.2) is 91.4 Å². The van der Waals surface area contributed by atoms with Gasteiger partial charge < -0.3 is 15.6 Å². The predicted octanol–water partition coefficient (Wildman–Crippen LogP) is 6.43. The van der Waals surface area contributed by atoms with Crippen molar-refractivity contribution in [2.45, 2.75) is 6.42 Å². The first kappa shape index (κ1) is 21.3. The Balaban J connectivity index is 1.45. The van der Waals surface area contributed by atoms with Gasteiger partial charge in [0.1, 0.15) is 11.6 Å². The molecule has 0 radical (unpaired) electrons. The monoisotopic (exact) mass is 454 g/mol. The number of hydrogen-bond acceptors (Lipinski definition) is 3. The van der Waals surface area contributed by atoms with Crippen LogP contribution in [0, 0.1) is 11.6 Å². The van der Waals surface area contributed by atoms with Gasteiger partial charge in [0.15, 0.2) is 0 Å². The molecule has 5 rings (SSSR count). The molecule has 0 unspecified atom stereocenters. The van der Waals surface area contributed by atoms with Crippen LogP contribution < -0.4 is 10.6 Å². The molecule has 2 aromatic heterocycles. The molecule has 0 aliphatic rings. The van der Waals surface area contributed by atoms with E-state index in [1.54, 1.807) is 36.7 Å². The molecule has 7 heteroatoms. The lowest BCUT2D eigenvalue weighted by molar-refractivity contribution is -0.115. The topological polar surface area (TPSA) is 69.8 Å². The highest BCUT2D eigenvalue weighted by Gasteiger charge is 2.13. The van der Waals surface area contributed by atoms with Crippen LogP contribution in [0.4, 0.5) is 25.8 Å². The summed E-state index contributed by atoms with van der Waals surface area (Å²) in [5.41, 5.74) is 4.58. The fraction of sp³-hybridized carbons (Fsp3) is 0.0370. The van der Waals surface area contributed by atoms with Crippen LogP contribution in [0.2, 0.25) is 0 Å². The van der Waals surface area contributed by atoms with E-state index >= 15 is 0 Å². The molecule has 0 spiro atoms. The van der Waals surface area contributed by atoms with Crippen molar-refractivity contribution in [3.63, 3.8) is 0 Å². The van der Waals surface area contributed by atoms with Crippen LogP contribution in [-0.2, 0) is 11.2 Å². The molecule has 5 aromatic rings. The van der Waals surface area contributed by atoms with E-state index in [1.165, 1.54) is 12.1 Å². The summed E-state index contributed by atoms with van der Waals surface area (Å²) in [4.78, 5) is 20.0. The number of hydrogen-bond donors (Lipinski definition) is 3. The number of anilines is 3. The maximum atomic E-state index is 14.0. The number of aromatic amines is 1. The van der Waals surface area contributed by atoms with Gasteiger partial charge in [-0.25, -0.2) is 8.78 Å². The van der Waals surface area contributed by atoms with Crippen molar-refractivity contribution in [1.82, 2.24) is 9.97 Å². The summed E-state index contributed by atoms with van der Waals surface area (Å²) in [6.07, 6.45) is 5.31. The van der Waals surface area contributed by atoms with E-state index in [1.807, 2.05) is 36.5 Å². The van der Waals surface area contributed by atoms with E-state index in [4.69, 9.17) is 0 Å². The summed E-state index contributed by atoms with van der Waals surface area (Å²) in [6.45, 7) is 0. The SMILES string of the molecule is O=C(Cc1c[nH]c2ccccc12)Nc1ccc(Nc2cccnc2)c(-c2cc(F)cc(F)c2)c1. The summed E-state index contributed by atoms with van der Waals surface area (Å²) in [7, 11) is 0. The van der Waals surface area contributed by atoms with Gasteiger partial charge in [0.2, 0.25) is 5.91 Å². The molecular formula is C27H20F2N4O. The van der Waals surface area contributed by atoms with Gasteiger partial charge in [0.05, 0.1) is 18.3 Å². The van der Waals surface area contributed by atoms with Crippen molar-refractivity contribution in [3.05, 3.63) is 109 Å². The van der Waals surface area contributed by atoms with Crippen LogP contribution in [-0.4, -0.2) is 15.9 Å². The summed E-state index contributed by atoms with van der Waals surface area (Å²) < 4.78 is 28.0. The lowest BCUT2D eigenvalue weighted by atomic mass is 10.0. The number of halogens is 2. The van der Waals surface area contributed by atoms with Gasteiger partial charge >= 0.3 is 0 Å². The smallest absolute Gasteiger partial charge is 0.228 e. The zero-order chi connectivity index (χ0) is 23.5. The molecule has 0 atom stereocenters.